The van der Waals surface area contributed by atoms with Gasteiger partial charge >= 0.3 is 0 Å². The lowest BCUT2D eigenvalue weighted by Gasteiger charge is -2.13. The summed E-state index contributed by atoms with van der Waals surface area (Å²) in [6.07, 6.45) is 0.0703. The summed E-state index contributed by atoms with van der Waals surface area (Å²) < 4.78 is 23.9. The fourth-order valence-corrected chi connectivity index (χ4v) is 2.00. The van der Waals surface area contributed by atoms with Crippen molar-refractivity contribution in [1.29, 1.82) is 0 Å². The van der Waals surface area contributed by atoms with Gasteiger partial charge in [0.15, 0.2) is 0 Å². The Hall–Kier alpha value is -0.990. The van der Waals surface area contributed by atoms with E-state index in [2.05, 4.69) is 10.6 Å². The first-order valence-electron chi connectivity index (χ1n) is 4.80. The van der Waals surface area contributed by atoms with Crippen LogP contribution in [0.1, 0.15) is 6.42 Å². The lowest BCUT2D eigenvalue weighted by atomic mass is 10.2. The normalized spacial score (nSPS) is 21.6. The molecular weight excluding hydrogens is 234 g/mol. The number of hydrogen-bond acceptors (Lipinski definition) is 5. The number of imide groups is 1. The average molecular weight is 249 g/mol. The summed E-state index contributed by atoms with van der Waals surface area (Å²) in [5.74, 6) is -0.831. The predicted octanol–water partition coefficient (Wildman–Crippen LogP) is -2.12. The molecule has 0 aromatic rings. The van der Waals surface area contributed by atoms with Crippen LogP contribution in [0.2, 0.25) is 0 Å². The van der Waals surface area contributed by atoms with E-state index in [1.165, 1.54) is 14.1 Å². The molecule has 1 aliphatic heterocycles. The zero-order chi connectivity index (χ0) is 12.3. The van der Waals surface area contributed by atoms with Crippen LogP contribution in [-0.4, -0.2) is 57.0 Å². The van der Waals surface area contributed by atoms with E-state index in [4.69, 9.17) is 0 Å². The highest BCUT2D eigenvalue weighted by Gasteiger charge is 2.30. The van der Waals surface area contributed by atoms with Gasteiger partial charge in [-0.2, -0.15) is 0 Å². The molecule has 0 saturated carbocycles. The zero-order valence-electron chi connectivity index (χ0n) is 9.19. The molecule has 0 aromatic carbocycles. The number of rotatable bonds is 5. The molecule has 0 spiro atoms. The summed E-state index contributed by atoms with van der Waals surface area (Å²) in [4.78, 5) is 22.0. The number of hydrogen-bond donors (Lipinski definition) is 2. The molecule has 1 unspecified atom stereocenters. The Morgan fingerprint density at radius 2 is 2.06 bits per heavy atom. The van der Waals surface area contributed by atoms with Crippen LogP contribution in [0, 0.1) is 0 Å². The Balaban J connectivity index is 2.37. The lowest BCUT2D eigenvalue weighted by Crippen LogP contribution is -2.40. The van der Waals surface area contributed by atoms with Gasteiger partial charge in [-0.05, 0) is 0 Å². The predicted molar refractivity (Wildman–Crippen MR) is 57.0 cm³/mol. The van der Waals surface area contributed by atoms with Crippen molar-refractivity contribution < 1.29 is 18.0 Å². The van der Waals surface area contributed by atoms with Gasteiger partial charge in [-0.1, -0.05) is 0 Å². The van der Waals surface area contributed by atoms with Crippen LogP contribution in [-0.2, 0) is 19.6 Å². The van der Waals surface area contributed by atoms with Crippen LogP contribution in [0.5, 0.6) is 0 Å². The minimum atomic E-state index is -3.27. The van der Waals surface area contributed by atoms with Crippen LogP contribution in [0.25, 0.3) is 0 Å². The van der Waals surface area contributed by atoms with Gasteiger partial charge in [-0.3, -0.25) is 14.9 Å². The molecule has 0 aliphatic carbocycles. The topological polar surface area (TPSA) is 95.6 Å². The van der Waals surface area contributed by atoms with E-state index in [0.717, 1.165) is 4.31 Å². The first-order valence-corrected chi connectivity index (χ1v) is 6.41. The molecule has 2 N–H and O–H groups in total. The maximum atomic E-state index is 11.4. The van der Waals surface area contributed by atoms with Gasteiger partial charge in [0.1, 0.15) is 0 Å². The van der Waals surface area contributed by atoms with Gasteiger partial charge in [-0.25, -0.2) is 12.7 Å². The molecule has 7 nitrogen and oxygen atoms in total. The van der Waals surface area contributed by atoms with E-state index >= 15 is 0 Å². The summed E-state index contributed by atoms with van der Waals surface area (Å²) in [6.45, 7) is 0.145. The van der Waals surface area contributed by atoms with E-state index < -0.39 is 22.0 Å². The van der Waals surface area contributed by atoms with Crippen LogP contribution in [0.4, 0.5) is 0 Å². The Labute approximate surface area is 94.2 Å². The molecule has 8 heteroatoms. The van der Waals surface area contributed by atoms with E-state index in [-0.39, 0.29) is 24.6 Å². The SMILES string of the molecule is CN(C)S(=O)(=O)CCNC1CC(=O)NC1=O. The second-order valence-corrected chi connectivity index (χ2v) is 6.02. The molecule has 16 heavy (non-hydrogen) atoms. The molecule has 1 atom stereocenters. The fourth-order valence-electron chi connectivity index (χ4n) is 1.26. The Kier molecular flexibility index (Phi) is 4.00. The van der Waals surface area contributed by atoms with Gasteiger partial charge in [-0.15, -0.1) is 0 Å². The number of nitrogens with zero attached hydrogens (tertiary/aromatic N) is 1. The van der Waals surface area contributed by atoms with Crippen LogP contribution < -0.4 is 10.6 Å². The first-order chi connectivity index (χ1) is 7.33. The van der Waals surface area contributed by atoms with Crippen molar-refractivity contribution in [2.45, 2.75) is 12.5 Å². The molecule has 1 fully saturated rings. The highest BCUT2D eigenvalue weighted by molar-refractivity contribution is 7.89. The van der Waals surface area contributed by atoms with Gasteiger partial charge in [0.05, 0.1) is 18.2 Å². The monoisotopic (exact) mass is 249 g/mol. The summed E-state index contributed by atoms with van der Waals surface area (Å²) in [5.41, 5.74) is 0. The zero-order valence-corrected chi connectivity index (χ0v) is 10.0. The molecule has 2 amide bonds. The summed E-state index contributed by atoms with van der Waals surface area (Å²) in [7, 11) is -0.376. The molecule has 92 valence electrons. The van der Waals surface area contributed by atoms with Crippen molar-refractivity contribution in [3.8, 4) is 0 Å². The van der Waals surface area contributed by atoms with Crippen molar-refractivity contribution in [3.63, 3.8) is 0 Å². The largest absolute Gasteiger partial charge is 0.304 e. The second kappa shape index (κ2) is 4.89. The Bertz CT molecular complexity index is 390. The van der Waals surface area contributed by atoms with Crippen molar-refractivity contribution in [1.82, 2.24) is 14.9 Å². The minimum Gasteiger partial charge on any atom is -0.304 e. The van der Waals surface area contributed by atoms with Gasteiger partial charge in [0.2, 0.25) is 21.8 Å². The van der Waals surface area contributed by atoms with Crippen LogP contribution >= 0.6 is 0 Å². The van der Waals surface area contributed by atoms with Crippen molar-refractivity contribution in [2.75, 3.05) is 26.4 Å². The van der Waals surface area contributed by atoms with E-state index in [1.54, 1.807) is 0 Å². The maximum Gasteiger partial charge on any atom is 0.244 e. The van der Waals surface area contributed by atoms with E-state index in [0.29, 0.717) is 0 Å². The standard InChI is InChI=1S/C8H15N3O4S/c1-11(2)16(14,15)4-3-9-6-5-7(12)10-8(6)13/h6,9H,3-5H2,1-2H3,(H,10,12,13). The summed E-state index contributed by atoms with van der Waals surface area (Å²) >= 11 is 0. The van der Waals surface area contributed by atoms with Crippen molar-refractivity contribution in [2.24, 2.45) is 0 Å². The number of amides is 2. The quantitative estimate of drug-likeness (QED) is 0.543. The second-order valence-electron chi connectivity index (χ2n) is 3.72. The third kappa shape index (κ3) is 3.26. The van der Waals surface area contributed by atoms with Crippen molar-refractivity contribution >= 4 is 21.8 Å². The molecule has 1 aliphatic rings. The highest BCUT2D eigenvalue weighted by atomic mass is 32.2. The minimum absolute atomic E-state index is 0.0703. The number of carbonyl (C=O) groups excluding carboxylic acids is 2. The van der Waals surface area contributed by atoms with Crippen molar-refractivity contribution in [3.05, 3.63) is 0 Å². The van der Waals surface area contributed by atoms with E-state index in [1.807, 2.05) is 0 Å². The number of nitrogens with one attached hydrogen (secondary N) is 2. The summed E-state index contributed by atoms with van der Waals surface area (Å²) in [6, 6.07) is -0.607. The molecular formula is C8H15N3O4S. The Morgan fingerprint density at radius 3 is 2.50 bits per heavy atom. The third-order valence-corrected chi connectivity index (χ3v) is 4.11. The molecule has 1 saturated heterocycles. The molecule has 1 heterocycles. The fraction of sp³-hybridized carbons (Fsp3) is 0.750. The molecule has 1 rings (SSSR count). The number of carbonyl (C=O) groups is 2. The van der Waals surface area contributed by atoms with Gasteiger partial charge in [0, 0.05) is 20.6 Å². The van der Waals surface area contributed by atoms with Crippen LogP contribution in [0.15, 0.2) is 0 Å². The maximum absolute atomic E-state index is 11.4. The Morgan fingerprint density at radius 1 is 1.44 bits per heavy atom. The van der Waals surface area contributed by atoms with E-state index in [9.17, 15) is 18.0 Å². The first kappa shape index (κ1) is 13.1. The third-order valence-electron chi connectivity index (χ3n) is 2.28. The smallest absolute Gasteiger partial charge is 0.244 e. The molecule has 0 aromatic heterocycles. The van der Waals surface area contributed by atoms with Crippen LogP contribution in [0.3, 0.4) is 0 Å². The number of sulfonamides is 1. The molecule has 0 bridgehead atoms. The van der Waals surface area contributed by atoms with Gasteiger partial charge in [0.25, 0.3) is 0 Å². The average Bonchev–Trinajstić information content (AvgIpc) is 2.44. The lowest BCUT2D eigenvalue weighted by molar-refractivity contribution is -0.125. The molecule has 0 radical (unpaired) electrons. The summed E-state index contributed by atoms with van der Waals surface area (Å²) in [5, 5.41) is 4.87. The van der Waals surface area contributed by atoms with Gasteiger partial charge < -0.3 is 5.32 Å². The highest BCUT2D eigenvalue weighted by Crippen LogP contribution is 2.01.